The van der Waals surface area contributed by atoms with Gasteiger partial charge in [-0.1, -0.05) is 6.07 Å². The molecule has 7 heteroatoms. The van der Waals surface area contributed by atoms with E-state index in [1.165, 1.54) is 11.3 Å². The van der Waals surface area contributed by atoms with Crippen molar-refractivity contribution in [3.63, 3.8) is 0 Å². The lowest BCUT2D eigenvalue weighted by Gasteiger charge is -2.18. The van der Waals surface area contributed by atoms with E-state index in [9.17, 15) is 14.4 Å². The van der Waals surface area contributed by atoms with Gasteiger partial charge in [-0.05, 0) is 49.6 Å². The van der Waals surface area contributed by atoms with Crippen LogP contribution in [0.15, 0.2) is 41.8 Å². The van der Waals surface area contributed by atoms with Crippen molar-refractivity contribution in [3.05, 3.63) is 52.2 Å². The number of ether oxygens (including phenoxy) is 1. The summed E-state index contributed by atoms with van der Waals surface area (Å²) >= 11 is 1.35. The van der Waals surface area contributed by atoms with E-state index in [1.807, 2.05) is 19.2 Å². The van der Waals surface area contributed by atoms with Gasteiger partial charge in [-0.15, -0.1) is 11.3 Å². The first kappa shape index (κ1) is 18.7. The van der Waals surface area contributed by atoms with Crippen molar-refractivity contribution < 1.29 is 19.1 Å². The number of thiophene rings is 1. The maximum atomic E-state index is 12.0. The van der Waals surface area contributed by atoms with Gasteiger partial charge in [0.1, 0.15) is 0 Å². The molecule has 25 heavy (non-hydrogen) atoms. The molecule has 1 heterocycles. The first-order valence-corrected chi connectivity index (χ1v) is 8.83. The van der Waals surface area contributed by atoms with Gasteiger partial charge in [-0.3, -0.25) is 9.59 Å². The van der Waals surface area contributed by atoms with E-state index in [2.05, 4.69) is 5.32 Å². The van der Waals surface area contributed by atoms with E-state index in [0.717, 1.165) is 0 Å². The normalized spacial score (nSPS) is 10.2. The van der Waals surface area contributed by atoms with Gasteiger partial charge in [0.05, 0.1) is 10.4 Å². The van der Waals surface area contributed by atoms with Crippen LogP contribution in [-0.2, 0) is 9.53 Å². The van der Waals surface area contributed by atoms with E-state index in [-0.39, 0.29) is 18.4 Å². The number of nitrogens with one attached hydrogen (secondary N) is 1. The monoisotopic (exact) mass is 360 g/mol. The van der Waals surface area contributed by atoms with Crippen LogP contribution in [0.5, 0.6) is 0 Å². The van der Waals surface area contributed by atoms with Crippen LogP contribution in [0.2, 0.25) is 0 Å². The van der Waals surface area contributed by atoms with Gasteiger partial charge in [-0.25, -0.2) is 4.79 Å². The number of amides is 2. The minimum absolute atomic E-state index is 0.199. The van der Waals surface area contributed by atoms with Gasteiger partial charge in [-0.2, -0.15) is 0 Å². The molecule has 0 aliphatic carbocycles. The summed E-state index contributed by atoms with van der Waals surface area (Å²) in [6, 6.07) is 9.88. The third kappa shape index (κ3) is 5.15. The highest BCUT2D eigenvalue weighted by Gasteiger charge is 2.14. The number of carbonyl (C=O) groups excluding carboxylic acids is 3. The maximum Gasteiger partial charge on any atom is 0.338 e. The van der Waals surface area contributed by atoms with Crippen LogP contribution in [0.3, 0.4) is 0 Å². The molecule has 6 nitrogen and oxygen atoms in total. The molecule has 0 atom stereocenters. The molecule has 1 aromatic carbocycles. The van der Waals surface area contributed by atoms with E-state index in [0.29, 0.717) is 29.2 Å². The van der Waals surface area contributed by atoms with E-state index < -0.39 is 5.97 Å². The Morgan fingerprint density at radius 2 is 1.76 bits per heavy atom. The van der Waals surface area contributed by atoms with E-state index in [4.69, 9.17) is 4.74 Å². The van der Waals surface area contributed by atoms with Crippen LogP contribution in [-0.4, -0.2) is 42.4 Å². The maximum absolute atomic E-state index is 12.0. The van der Waals surface area contributed by atoms with Gasteiger partial charge in [0.2, 0.25) is 0 Å². The molecule has 0 bridgehead atoms. The fourth-order valence-corrected chi connectivity index (χ4v) is 2.79. The highest BCUT2D eigenvalue weighted by molar-refractivity contribution is 7.12. The van der Waals surface area contributed by atoms with Crippen LogP contribution in [0.25, 0.3) is 0 Å². The lowest BCUT2D eigenvalue weighted by Crippen LogP contribution is -2.34. The number of likely N-dealkylation sites (N-methyl/N-ethyl adjacent to an activating group) is 1. The first-order valence-electron chi connectivity index (χ1n) is 7.95. The molecule has 0 unspecified atom stereocenters. The average Bonchev–Trinajstić information content (AvgIpc) is 3.16. The molecule has 0 spiro atoms. The predicted octanol–water partition coefficient (Wildman–Crippen LogP) is 3.03. The minimum Gasteiger partial charge on any atom is -0.452 e. The summed E-state index contributed by atoms with van der Waals surface area (Å²) in [5.74, 6) is -0.995. The van der Waals surface area contributed by atoms with E-state index >= 15 is 0 Å². The Morgan fingerprint density at radius 1 is 1.08 bits per heavy atom. The molecule has 2 rings (SSSR count). The third-order valence-corrected chi connectivity index (χ3v) is 4.43. The number of anilines is 1. The Labute approximate surface area is 150 Å². The second-order valence-electron chi connectivity index (χ2n) is 5.15. The highest BCUT2D eigenvalue weighted by Crippen LogP contribution is 2.14. The van der Waals surface area contributed by atoms with Crippen molar-refractivity contribution in [1.29, 1.82) is 0 Å². The smallest absolute Gasteiger partial charge is 0.338 e. The molecule has 1 aromatic heterocycles. The second-order valence-corrected chi connectivity index (χ2v) is 6.10. The summed E-state index contributed by atoms with van der Waals surface area (Å²) in [7, 11) is 0. The largest absolute Gasteiger partial charge is 0.452 e. The zero-order valence-corrected chi connectivity index (χ0v) is 15.0. The van der Waals surface area contributed by atoms with Crippen molar-refractivity contribution >= 4 is 34.8 Å². The quantitative estimate of drug-likeness (QED) is 0.770. The van der Waals surface area contributed by atoms with Crippen LogP contribution in [0, 0.1) is 0 Å². The molecule has 132 valence electrons. The van der Waals surface area contributed by atoms with Crippen LogP contribution >= 0.6 is 11.3 Å². The summed E-state index contributed by atoms with van der Waals surface area (Å²) in [4.78, 5) is 38.0. The number of hydrogen-bond donors (Lipinski definition) is 1. The average molecular weight is 360 g/mol. The van der Waals surface area contributed by atoms with Gasteiger partial charge in [0.15, 0.2) is 6.61 Å². The van der Waals surface area contributed by atoms with E-state index in [1.54, 1.807) is 41.3 Å². The summed E-state index contributed by atoms with van der Waals surface area (Å²) in [5.41, 5.74) is 0.899. The molecular formula is C18H20N2O4S. The van der Waals surface area contributed by atoms with Crippen molar-refractivity contribution in [2.45, 2.75) is 13.8 Å². The predicted molar refractivity (Wildman–Crippen MR) is 96.9 cm³/mol. The van der Waals surface area contributed by atoms with Crippen LogP contribution < -0.4 is 5.32 Å². The SMILES string of the molecule is CCN(CC)C(=O)COC(=O)c1ccc(NC(=O)c2cccs2)cc1. The highest BCUT2D eigenvalue weighted by atomic mass is 32.1. The van der Waals surface area contributed by atoms with Gasteiger partial charge < -0.3 is 15.0 Å². The second kappa shape index (κ2) is 8.98. The number of nitrogens with zero attached hydrogens (tertiary/aromatic N) is 1. The minimum atomic E-state index is -0.573. The van der Waals surface area contributed by atoms with Crippen molar-refractivity contribution in [2.24, 2.45) is 0 Å². The molecular weight excluding hydrogens is 340 g/mol. The fourth-order valence-electron chi connectivity index (χ4n) is 2.17. The van der Waals surface area contributed by atoms with Crippen LogP contribution in [0.4, 0.5) is 5.69 Å². The lowest BCUT2D eigenvalue weighted by atomic mass is 10.2. The fraction of sp³-hybridized carbons (Fsp3) is 0.278. The van der Waals surface area contributed by atoms with Gasteiger partial charge in [0, 0.05) is 18.8 Å². The van der Waals surface area contributed by atoms with Gasteiger partial charge in [0.25, 0.3) is 11.8 Å². The lowest BCUT2D eigenvalue weighted by molar-refractivity contribution is -0.134. The Hall–Kier alpha value is -2.67. The molecule has 0 saturated carbocycles. The van der Waals surface area contributed by atoms with Crippen molar-refractivity contribution in [2.75, 3.05) is 25.0 Å². The molecule has 0 aliphatic rings. The summed E-state index contributed by atoms with van der Waals surface area (Å²) in [6.07, 6.45) is 0. The third-order valence-electron chi connectivity index (χ3n) is 3.57. The number of esters is 1. The van der Waals surface area contributed by atoms with Gasteiger partial charge >= 0.3 is 5.97 Å². The zero-order valence-electron chi connectivity index (χ0n) is 14.2. The first-order chi connectivity index (χ1) is 12.0. The molecule has 0 fully saturated rings. The zero-order chi connectivity index (χ0) is 18.2. The number of carbonyl (C=O) groups is 3. The molecule has 2 aromatic rings. The Bertz CT molecular complexity index is 722. The molecule has 0 saturated heterocycles. The molecule has 0 aliphatic heterocycles. The van der Waals surface area contributed by atoms with Crippen molar-refractivity contribution in [3.8, 4) is 0 Å². The summed E-state index contributed by atoms with van der Waals surface area (Å²) in [6.45, 7) is 4.60. The Morgan fingerprint density at radius 3 is 2.32 bits per heavy atom. The summed E-state index contributed by atoms with van der Waals surface area (Å²) < 4.78 is 5.04. The number of benzene rings is 1. The van der Waals surface area contributed by atoms with Crippen LogP contribution in [0.1, 0.15) is 33.9 Å². The van der Waals surface area contributed by atoms with Crippen molar-refractivity contribution in [1.82, 2.24) is 4.90 Å². The number of rotatable bonds is 7. The molecule has 1 N–H and O–H groups in total. The summed E-state index contributed by atoms with van der Waals surface area (Å²) in [5, 5.41) is 4.58. The number of hydrogen-bond acceptors (Lipinski definition) is 5. The molecule has 2 amide bonds. The Balaban J connectivity index is 1.89. The molecule has 0 radical (unpaired) electrons. The topological polar surface area (TPSA) is 75.7 Å². The Kier molecular flexibility index (Phi) is 6.71. The standard InChI is InChI=1S/C18H20N2O4S/c1-3-20(4-2)16(21)12-24-18(23)13-7-9-14(10-8-13)19-17(22)15-6-5-11-25-15/h5-11H,3-4,12H2,1-2H3,(H,19,22).